The largest absolute Gasteiger partial charge is 0.308 e. The van der Waals surface area contributed by atoms with Crippen molar-refractivity contribution in [3.63, 3.8) is 0 Å². The Hall–Kier alpha value is -1.01. The average molecular weight is 346 g/mol. The van der Waals surface area contributed by atoms with Gasteiger partial charge >= 0.3 is 0 Å². The van der Waals surface area contributed by atoms with Crippen LogP contribution < -0.4 is 11.3 Å². The molecular formula is C14H18BrF2N3. The number of rotatable bonds is 2. The maximum Gasteiger partial charge on any atom is 0.148 e. The zero-order valence-corrected chi connectivity index (χ0v) is 12.7. The third kappa shape index (κ3) is 3.76. The molecule has 0 radical (unpaired) electrons. The summed E-state index contributed by atoms with van der Waals surface area (Å²) in [6.45, 7) is 0. The number of hydrazine groups is 1. The lowest BCUT2D eigenvalue weighted by atomic mass is 10.1. The number of hydrogen-bond donors (Lipinski definition) is 2. The van der Waals surface area contributed by atoms with Crippen LogP contribution in [-0.4, -0.2) is 11.9 Å². The van der Waals surface area contributed by atoms with Crippen LogP contribution in [-0.2, 0) is 0 Å². The van der Waals surface area contributed by atoms with Gasteiger partial charge in [0.1, 0.15) is 17.5 Å². The summed E-state index contributed by atoms with van der Waals surface area (Å²) in [5.74, 6) is 4.14. The van der Waals surface area contributed by atoms with E-state index in [-0.39, 0.29) is 17.4 Å². The fraction of sp³-hybridized carbons (Fsp3) is 0.500. The lowest BCUT2D eigenvalue weighted by Crippen LogP contribution is -2.34. The number of halogens is 3. The van der Waals surface area contributed by atoms with Gasteiger partial charge in [-0.2, -0.15) is 0 Å². The summed E-state index contributed by atoms with van der Waals surface area (Å²) in [5.41, 5.74) is 2.15. The van der Waals surface area contributed by atoms with E-state index in [0.29, 0.717) is 4.47 Å². The minimum Gasteiger partial charge on any atom is -0.308 e. The van der Waals surface area contributed by atoms with Crippen LogP contribution in [0.2, 0.25) is 0 Å². The van der Waals surface area contributed by atoms with Gasteiger partial charge in [0.25, 0.3) is 0 Å². The van der Waals surface area contributed by atoms with Crippen molar-refractivity contribution in [3.05, 3.63) is 33.8 Å². The Labute approximate surface area is 125 Å². The van der Waals surface area contributed by atoms with Crippen molar-refractivity contribution in [3.8, 4) is 0 Å². The topological polar surface area (TPSA) is 50.4 Å². The third-order valence-corrected chi connectivity index (χ3v) is 3.97. The highest BCUT2D eigenvalue weighted by molar-refractivity contribution is 9.10. The van der Waals surface area contributed by atoms with Crippen LogP contribution in [0.1, 0.15) is 44.1 Å². The van der Waals surface area contributed by atoms with Crippen molar-refractivity contribution in [2.24, 2.45) is 10.8 Å². The van der Waals surface area contributed by atoms with Gasteiger partial charge in [0.2, 0.25) is 0 Å². The van der Waals surface area contributed by atoms with Gasteiger partial charge in [0.15, 0.2) is 0 Å². The molecule has 3 nitrogen and oxygen atoms in total. The van der Waals surface area contributed by atoms with Gasteiger partial charge in [-0.25, -0.2) is 14.6 Å². The predicted molar refractivity (Wildman–Crippen MR) is 79.4 cm³/mol. The number of benzene rings is 1. The molecule has 1 aromatic rings. The number of amidine groups is 1. The van der Waals surface area contributed by atoms with Gasteiger partial charge in [-0.3, -0.25) is 4.99 Å². The van der Waals surface area contributed by atoms with E-state index in [1.807, 2.05) is 0 Å². The molecular weight excluding hydrogens is 328 g/mol. The summed E-state index contributed by atoms with van der Waals surface area (Å²) < 4.78 is 28.2. The molecule has 0 heterocycles. The molecule has 110 valence electrons. The molecule has 20 heavy (non-hydrogen) atoms. The van der Waals surface area contributed by atoms with Crippen molar-refractivity contribution in [1.82, 2.24) is 5.43 Å². The fourth-order valence-corrected chi connectivity index (χ4v) is 2.91. The number of hydrogen-bond acceptors (Lipinski definition) is 2. The molecule has 1 aromatic carbocycles. The molecule has 0 aliphatic heterocycles. The number of aliphatic imine (C=N–C) groups is 1. The molecule has 1 aliphatic carbocycles. The average Bonchev–Trinajstić information content (AvgIpc) is 2.65. The second kappa shape index (κ2) is 7.13. The standard InChI is InChI=1S/C14H18BrF2N3/c15-9-7-11(16)13(12(17)8-9)14(20-18)19-10-5-3-1-2-4-6-10/h7-8,10H,1-6,18H2,(H,19,20). The molecule has 0 amide bonds. The van der Waals surface area contributed by atoms with Crippen molar-refractivity contribution < 1.29 is 8.78 Å². The van der Waals surface area contributed by atoms with E-state index in [9.17, 15) is 8.78 Å². The van der Waals surface area contributed by atoms with E-state index in [2.05, 4.69) is 26.3 Å². The fourth-order valence-electron chi connectivity index (χ4n) is 2.51. The van der Waals surface area contributed by atoms with Crippen LogP contribution in [0.3, 0.4) is 0 Å². The normalized spacial score (nSPS) is 17.9. The molecule has 0 spiro atoms. The molecule has 1 saturated carbocycles. The van der Waals surface area contributed by atoms with E-state index in [0.717, 1.165) is 25.7 Å². The molecule has 6 heteroatoms. The Morgan fingerprint density at radius 3 is 2.20 bits per heavy atom. The van der Waals surface area contributed by atoms with E-state index < -0.39 is 11.6 Å². The van der Waals surface area contributed by atoms with E-state index in [1.165, 1.54) is 25.0 Å². The van der Waals surface area contributed by atoms with Crippen molar-refractivity contribution >= 4 is 21.8 Å². The summed E-state index contributed by atoms with van der Waals surface area (Å²) in [6.07, 6.45) is 6.45. The van der Waals surface area contributed by atoms with Gasteiger partial charge in [-0.15, -0.1) is 0 Å². The zero-order valence-electron chi connectivity index (χ0n) is 11.1. The van der Waals surface area contributed by atoms with Gasteiger partial charge in [0, 0.05) is 4.47 Å². The summed E-state index contributed by atoms with van der Waals surface area (Å²) in [7, 11) is 0. The highest BCUT2D eigenvalue weighted by Gasteiger charge is 2.18. The Balaban J connectivity index is 2.31. The minimum atomic E-state index is -0.679. The Kier molecular flexibility index (Phi) is 5.48. The van der Waals surface area contributed by atoms with Crippen LogP contribution in [0, 0.1) is 11.6 Å². The van der Waals surface area contributed by atoms with Crippen molar-refractivity contribution in [1.29, 1.82) is 0 Å². The van der Waals surface area contributed by atoms with Gasteiger partial charge in [-0.1, -0.05) is 41.6 Å². The first-order valence-corrected chi connectivity index (χ1v) is 7.60. The Bertz CT molecular complexity index is 474. The number of nitrogens with one attached hydrogen (secondary N) is 1. The first-order chi connectivity index (χ1) is 9.61. The molecule has 0 bridgehead atoms. The molecule has 2 rings (SSSR count). The van der Waals surface area contributed by atoms with Crippen LogP contribution in [0.4, 0.5) is 8.78 Å². The second-order valence-electron chi connectivity index (χ2n) is 5.01. The molecule has 0 unspecified atom stereocenters. The van der Waals surface area contributed by atoms with Crippen LogP contribution in [0.25, 0.3) is 0 Å². The molecule has 0 saturated heterocycles. The first-order valence-electron chi connectivity index (χ1n) is 6.81. The third-order valence-electron chi connectivity index (χ3n) is 3.52. The Morgan fingerprint density at radius 2 is 1.70 bits per heavy atom. The zero-order chi connectivity index (χ0) is 14.5. The quantitative estimate of drug-likeness (QED) is 0.282. The summed E-state index contributed by atoms with van der Waals surface area (Å²) in [5, 5.41) is 0. The maximum absolute atomic E-state index is 13.9. The highest BCUT2D eigenvalue weighted by atomic mass is 79.9. The van der Waals surface area contributed by atoms with Crippen molar-refractivity contribution in [2.75, 3.05) is 0 Å². The highest BCUT2D eigenvalue weighted by Crippen LogP contribution is 2.23. The van der Waals surface area contributed by atoms with Crippen LogP contribution in [0.5, 0.6) is 0 Å². The smallest absolute Gasteiger partial charge is 0.148 e. The first kappa shape index (κ1) is 15.4. The maximum atomic E-state index is 13.9. The summed E-state index contributed by atoms with van der Waals surface area (Å²) >= 11 is 3.06. The molecule has 3 N–H and O–H groups in total. The van der Waals surface area contributed by atoms with Gasteiger partial charge in [0.05, 0.1) is 11.6 Å². The second-order valence-corrected chi connectivity index (χ2v) is 5.93. The predicted octanol–water partition coefficient (Wildman–Crippen LogP) is 3.66. The summed E-state index contributed by atoms with van der Waals surface area (Å²) in [4.78, 5) is 4.42. The van der Waals surface area contributed by atoms with Crippen LogP contribution >= 0.6 is 15.9 Å². The van der Waals surface area contributed by atoms with Crippen LogP contribution in [0.15, 0.2) is 21.6 Å². The SMILES string of the molecule is NNC(=NC1CCCCCC1)c1c(F)cc(Br)cc1F. The van der Waals surface area contributed by atoms with E-state index >= 15 is 0 Å². The van der Waals surface area contributed by atoms with Gasteiger partial charge < -0.3 is 5.43 Å². The lowest BCUT2D eigenvalue weighted by molar-refractivity contribution is 0.566. The number of nitrogens with zero attached hydrogens (tertiary/aromatic N) is 1. The van der Waals surface area contributed by atoms with E-state index in [1.54, 1.807) is 0 Å². The summed E-state index contributed by atoms with van der Waals surface area (Å²) in [6, 6.07) is 2.49. The molecule has 0 atom stereocenters. The monoisotopic (exact) mass is 345 g/mol. The minimum absolute atomic E-state index is 0.0750. The lowest BCUT2D eigenvalue weighted by Gasteiger charge is -2.14. The molecule has 0 aromatic heterocycles. The number of nitrogens with two attached hydrogens (primary N) is 1. The Morgan fingerprint density at radius 1 is 1.15 bits per heavy atom. The molecule has 1 fully saturated rings. The van der Waals surface area contributed by atoms with E-state index in [4.69, 9.17) is 5.84 Å². The van der Waals surface area contributed by atoms with Crippen molar-refractivity contribution in [2.45, 2.75) is 44.6 Å². The van der Waals surface area contributed by atoms with Gasteiger partial charge in [-0.05, 0) is 25.0 Å². The molecule has 1 aliphatic rings.